The van der Waals surface area contributed by atoms with Gasteiger partial charge in [0.25, 0.3) is 0 Å². The van der Waals surface area contributed by atoms with Gasteiger partial charge in [-0.3, -0.25) is 0 Å². The molecule has 0 bridgehead atoms. The molecule has 0 aromatic heterocycles. The van der Waals surface area contributed by atoms with Crippen molar-refractivity contribution in [1.82, 2.24) is 5.32 Å². The van der Waals surface area contributed by atoms with Gasteiger partial charge in [-0.1, -0.05) is 12.1 Å². The quantitative estimate of drug-likeness (QED) is 0.742. The number of aryl methyl sites for hydroxylation is 1. The fourth-order valence-corrected chi connectivity index (χ4v) is 1.30. The van der Waals surface area contributed by atoms with Crippen LogP contribution in [0.1, 0.15) is 18.1 Å². The van der Waals surface area contributed by atoms with Crippen molar-refractivity contribution < 1.29 is 5.11 Å². The summed E-state index contributed by atoms with van der Waals surface area (Å²) >= 11 is 0. The summed E-state index contributed by atoms with van der Waals surface area (Å²) in [6, 6.07) is 6.23. The van der Waals surface area contributed by atoms with Crippen LogP contribution in [0.4, 0.5) is 0 Å². The van der Waals surface area contributed by atoms with Gasteiger partial charge in [0.1, 0.15) is 5.75 Å². The van der Waals surface area contributed by atoms with Crippen LogP contribution in [0.3, 0.4) is 0 Å². The zero-order valence-electron chi connectivity index (χ0n) is 8.46. The van der Waals surface area contributed by atoms with E-state index in [2.05, 4.69) is 12.2 Å². The summed E-state index contributed by atoms with van der Waals surface area (Å²) in [6.45, 7) is 4.06. The average molecular weight is 179 g/mol. The Labute approximate surface area is 79.6 Å². The number of rotatable bonds is 3. The molecule has 1 atom stereocenters. The minimum Gasteiger partial charge on any atom is -0.508 e. The number of hydrogen-bond acceptors (Lipinski definition) is 2. The summed E-state index contributed by atoms with van der Waals surface area (Å²) in [5.74, 6) is 0.376. The molecule has 0 saturated carbocycles. The van der Waals surface area contributed by atoms with Gasteiger partial charge in [0, 0.05) is 6.04 Å². The van der Waals surface area contributed by atoms with Crippen molar-refractivity contribution in [2.24, 2.45) is 0 Å². The predicted octanol–water partition coefficient (Wildman–Crippen LogP) is 1.85. The summed E-state index contributed by atoms with van der Waals surface area (Å²) < 4.78 is 0. The van der Waals surface area contributed by atoms with Gasteiger partial charge in [0.05, 0.1) is 0 Å². The second kappa shape index (κ2) is 4.28. The van der Waals surface area contributed by atoms with Crippen LogP contribution in [0.25, 0.3) is 0 Å². The first-order chi connectivity index (χ1) is 6.13. The van der Waals surface area contributed by atoms with E-state index in [1.807, 2.05) is 26.1 Å². The summed E-state index contributed by atoms with van der Waals surface area (Å²) in [6.07, 6.45) is 0.998. The van der Waals surface area contributed by atoms with Gasteiger partial charge in [-0.05, 0) is 44.5 Å². The van der Waals surface area contributed by atoms with Crippen molar-refractivity contribution in [2.45, 2.75) is 26.3 Å². The zero-order chi connectivity index (χ0) is 9.84. The monoisotopic (exact) mass is 179 g/mol. The van der Waals surface area contributed by atoms with Gasteiger partial charge in [0.2, 0.25) is 0 Å². The molecule has 0 heterocycles. The molecule has 2 nitrogen and oxygen atoms in total. The molecule has 0 saturated heterocycles. The normalized spacial score (nSPS) is 12.8. The number of phenolic OH excluding ortho intramolecular Hbond substituents is 1. The third kappa shape index (κ3) is 2.74. The first-order valence-corrected chi connectivity index (χ1v) is 4.59. The summed E-state index contributed by atoms with van der Waals surface area (Å²) in [7, 11) is 1.96. The van der Waals surface area contributed by atoms with Crippen molar-refractivity contribution in [1.29, 1.82) is 0 Å². The number of nitrogens with one attached hydrogen (secondary N) is 1. The van der Waals surface area contributed by atoms with E-state index in [-0.39, 0.29) is 0 Å². The Balaban J connectivity index is 2.73. The van der Waals surface area contributed by atoms with Crippen LogP contribution < -0.4 is 5.32 Å². The second-order valence-corrected chi connectivity index (χ2v) is 3.51. The Bertz CT molecular complexity index is 283. The zero-order valence-corrected chi connectivity index (χ0v) is 8.46. The summed E-state index contributed by atoms with van der Waals surface area (Å²) in [4.78, 5) is 0. The fraction of sp³-hybridized carbons (Fsp3) is 0.455. The molecule has 1 aromatic carbocycles. The second-order valence-electron chi connectivity index (χ2n) is 3.51. The molecule has 0 fully saturated rings. The van der Waals surface area contributed by atoms with Crippen molar-refractivity contribution >= 4 is 0 Å². The summed E-state index contributed by atoms with van der Waals surface area (Å²) in [5.41, 5.74) is 2.21. The standard InChI is InChI=1S/C11H17NO/c1-8-6-10(4-5-11(8)13)7-9(2)12-3/h4-6,9,12-13H,7H2,1-3H3. The lowest BCUT2D eigenvalue weighted by atomic mass is 10.0. The maximum absolute atomic E-state index is 9.32. The minimum absolute atomic E-state index is 0.376. The Morgan fingerprint density at radius 3 is 2.69 bits per heavy atom. The molecular weight excluding hydrogens is 162 g/mol. The molecule has 2 heteroatoms. The number of hydrogen-bond donors (Lipinski definition) is 2. The molecular formula is C11H17NO. The highest BCUT2D eigenvalue weighted by molar-refractivity contribution is 5.35. The maximum Gasteiger partial charge on any atom is 0.118 e. The van der Waals surface area contributed by atoms with E-state index in [0.29, 0.717) is 11.8 Å². The van der Waals surface area contributed by atoms with Crippen LogP contribution >= 0.6 is 0 Å². The Morgan fingerprint density at radius 2 is 2.15 bits per heavy atom. The van der Waals surface area contributed by atoms with Crippen LogP contribution in [-0.2, 0) is 6.42 Å². The molecule has 13 heavy (non-hydrogen) atoms. The van der Waals surface area contributed by atoms with Crippen LogP contribution in [-0.4, -0.2) is 18.2 Å². The van der Waals surface area contributed by atoms with Crippen molar-refractivity contribution in [3.63, 3.8) is 0 Å². The minimum atomic E-state index is 0.376. The molecule has 0 aliphatic rings. The van der Waals surface area contributed by atoms with E-state index in [4.69, 9.17) is 0 Å². The van der Waals surface area contributed by atoms with Crippen molar-refractivity contribution in [3.05, 3.63) is 29.3 Å². The highest BCUT2D eigenvalue weighted by atomic mass is 16.3. The Morgan fingerprint density at radius 1 is 1.46 bits per heavy atom. The molecule has 1 rings (SSSR count). The maximum atomic E-state index is 9.32. The topological polar surface area (TPSA) is 32.3 Å². The van der Waals surface area contributed by atoms with E-state index in [1.165, 1.54) is 5.56 Å². The number of likely N-dealkylation sites (N-methyl/N-ethyl adjacent to an activating group) is 1. The molecule has 0 aliphatic carbocycles. The SMILES string of the molecule is CNC(C)Cc1ccc(O)c(C)c1. The van der Waals surface area contributed by atoms with E-state index in [1.54, 1.807) is 6.07 Å². The number of benzene rings is 1. The van der Waals surface area contributed by atoms with Gasteiger partial charge in [-0.25, -0.2) is 0 Å². The molecule has 0 aliphatic heterocycles. The van der Waals surface area contributed by atoms with E-state index >= 15 is 0 Å². The van der Waals surface area contributed by atoms with Gasteiger partial charge in [-0.2, -0.15) is 0 Å². The lowest BCUT2D eigenvalue weighted by Crippen LogP contribution is -2.23. The predicted molar refractivity (Wildman–Crippen MR) is 55.1 cm³/mol. The highest BCUT2D eigenvalue weighted by Gasteiger charge is 2.02. The van der Waals surface area contributed by atoms with E-state index < -0.39 is 0 Å². The molecule has 1 aromatic rings. The average Bonchev–Trinajstić information content (AvgIpc) is 2.11. The lowest BCUT2D eigenvalue weighted by Gasteiger charge is -2.10. The first-order valence-electron chi connectivity index (χ1n) is 4.59. The van der Waals surface area contributed by atoms with E-state index in [0.717, 1.165) is 12.0 Å². The van der Waals surface area contributed by atoms with E-state index in [9.17, 15) is 5.11 Å². The number of phenols is 1. The van der Waals surface area contributed by atoms with Crippen LogP contribution in [0.2, 0.25) is 0 Å². The van der Waals surface area contributed by atoms with Gasteiger partial charge >= 0.3 is 0 Å². The smallest absolute Gasteiger partial charge is 0.118 e. The molecule has 72 valence electrons. The number of aromatic hydroxyl groups is 1. The first kappa shape index (κ1) is 10.1. The lowest BCUT2D eigenvalue weighted by molar-refractivity contribution is 0.470. The molecule has 0 amide bonds. The van der Waals surface area contributed by atoms with Crippen LogP contribution in [0, 0.1) is 6.92 Å². The highest BCUT2D eigenvalue weighted by Crippen LogP contribution is 2.17. The Hall–Kier alpha value is -1.02. The molecule has 0 spiro atoms. The van der Waals surface area contributed by atoms with Gasteiger partial charge in [0.15, 0.2) is 0 Å². The Kier molecular flexibility index (Phi) is 3.32. The summed E-state index contributed by atoms with van der Waals surface area (Å²) in [5, 5.41) is 12.5. The van der Waals surface area contributed by atoms with Gasteiger partial charge < -0.3 is 10.4 Å². The third-order valence-corrected chi connectivity index (χ3v) is 2.30. The molecule has 0 radical (unpaired) electrons. The molecule has 1 unspecified atom stereocenters. The van der Waals surface area contributed by atoms with Crippen LogP contribution in [0.5, 0.6) is 5.75 Å². The van der Waals surface area contributed by atoms with Crippen LogP contribution in [0.15, 0.2) is 18.2 Å². The fourth-order valence-electron chi connectivity index (χ4n) is 1.30. The largest absolute Gasteiger partial charge is 0.508 e. The third-order valence-electron chi connectivity index (χ3n) is 2.30. The molecule has 2 N–H and O–H groups in total. The van der Waals surface area contributed by atoms with Crippen molar-refractivity contribution in [2.75, 3.05) is 7.05 Å². The van der Waals surface area contributed by atoms with Crippen molar-refractivity contribution in [3.8, 4) is 5.75 Å². The van der Waals surface area contributed by atoms with Gasteiger partial charge in [-0.15, -0.1) is 0 Å².